The number of amides is 3. The fourth-order valence-electron chi connectivity index (χ4n) is 4.06. The Hall–Kier alpha value is -4.57. The maximum absolute atomic E-state index is 13.4. The molecular formula is C24H19F4N9O6S3. The molecule has 3 amide bonds. The SMILES string of the molecule is Cn1nnnc1SCC1=C(C(=O)O)N2C(=O)C(NC(=O)C(=NOCc3ccc(F)cc3)c3csc(NC(=O)C(F)(F)F)n3)[C@@H]2SC1. The van der Waals surface area contributed by atoms with E-state index < -0.39 is 57.9 Å². The number of carboxylic acid groups (broad SMARTS) is 1. The molecule has 1 aromatic carbocycles. The van der Waals surface area contributed by atoms with Crippen LogP contribution >= 0.6 is 34.9 Å². The fourth-order valence-corrected chi connectivity index (χ4v) is 7.09. The summed E-state index contributed by atoms with van der Waals surface area (Å²) >= 11 is 2.95. The van der Waals surface area contributed by atoms with Crippen molar-refractivity contribution in [1.29, 1.82) is 0 Å². The maximum Gasteiger partial charge on any atom is 0.471 e. The van der Waals surface area contributed by atoms with Crippen LogP contribution in [0.15, 0.2) is 51.2 Å². The number of thioether (sulfide) groups is 2. The smallest absolute Gasteiger partial charge is 0.471 e. The molecule has 22 heteroatoms. The van der Waals surface area contributed by atoms with Crippen molar-refractivity contribution in [2.24, 2.45) is 12.2 Å². The van der Waals surface area contributed by atoms with Gasteiger partial charge in [0.25, 0.3) is 11.8 Å². The van der Waals surface area contributed by atoms with Gasteiger partial charge in [0.2, 0.25) is 5.16 Å². The standard InChI is InChI=1S/C24H19F4N9O6S3/c1-36-23(32-34-35-36)46-8-11-7-44-19-15(18(39)37(19)16(11)20(40)41)30-17(38)14(33-43-6-10-2-4-12(25)5-3-10)13-9-45-22(29-13)31-21(42)24(26,27)28/h2-5,9,15,19H,6-8H2,1H3,(H,30,38)(H,40,41)(H,29,31,42)/t15?,19-/m0/s1. The number of aliphatic carboxylic acids is 1. The number of oxime groups is 1. The molecular weight excluding hydrogens is 683 g/mol. The highest BCUT2D eigenvalue weighted by molar-refractivity contribution is 8.01. The first kappa shape index (κ1) is 32.8. The Kier molecular flexibility index (Phi) is 9.58. The maximum atomic E-state index is 13.4. The Morgan fingerprint density at radius 3 is 2.63 bits per heavy atom. The van der Waals surface area contributed by atoms with Crippen LogP contribution in [0.1, 0.15) is 11.3 Å². The largest absolute Gasteiger partial charge is 0.477 e. The molecule has 4 heterocycles. The highest BCUT2D eigenvalue weighted by atomic mass is 32.2. The second kappa shape index (κ2) is 13.4. The number of β-lactam (4-membered cyclic amide) rings is 1. The highest BCUT2D eigenvalue weighted by Gasteiger charge is 2.54. The van der Waals surface area contributed by atoms with Gasteiger partial charge in [0.15, 0.2) is 10.8 Å². The predicted molar refractivity (Wildman–Crippen MR) is 154 cm³/mol. The van der Waals surface area contributed by atoms with Gasteiger partial charge in [0, 0.05) is 23.9 Å². The minimum Gasteiger partial charge on any atom is -0.477 e. The molecule has 15 nitrogen and oxygen atoms in total. The minimum atomic E-state index is -5.19. The number of hydrogen-bond acceptors (Lipinski definition) is 13. The van der Waals surface area contributed by atoms with Crippen LogP contribution in [0, 0.1) is 5.82 Å². The lowest BCUT2D eigenvalue weighted by Crippen LogP contribution is -2.71. The van der Waals surface area contributed by atoms with Gasteiger partial charge in [0.1, 0.15) is 35.2 Å². The zero-order chi connectivity index (χ0) is 33.2. The molecule has 1 saturated heterocycles. The van der Waals surface area contributed by atoms with E-state index in [2.05, 4.69) is 31.0 Å². The van der Waals surface area contributed by atoms with Crippen molar-refractivity contribution < 1.29 is 46.7 Å². The Morgan fingerprint density at radius 2 is 1.98 bits per heavy atom. The number of halogens is 4. The molecule has 46 heavy (non-hydrogen) atoms. The number of rotatable bonds is 11. The van der Waals surface area contributed by atoms with Crippen LogP contribution in [0.5, 0.6) is 0 Å². The highest BCUT2D eigenvalue weighted by Crippen LogP contribution is 2.41. The van der Waals surface area contributed by atoms with Gasteiger partial charge in [-0.15, -0.1) is 28.2 Å². The summed E-state index contributed by atoms with van der Waals surface area (Å²) in [5.74, 6) is -5.50. The van der Waals surface area contributed by atoms with Crippen molar-refractivity contribution in [1.82, 2.24) is 35.4 Å². The van der Waals surface area contributed by atoms with Crippen molar-refractivity contribution in [3.05, 3.63) is 58.0 Å². The number of carbonyl (C=O) groups is 4. The van der Waals surface area contributed by atoms with Gasteiger partial charge in [-0.3, -0.25) is 24.6 Å². The molecule has 3 aromatic rings. The van der Waals surface area contributed by atoms with Crippen molar-refractivity contribution in [2.75, 3.05) is 16.8 Å². The van der Waals surface area contributed by atoms with E-state index in [1.165, 1.54) is 52.5 Å². The summed E-state index contributed by atoms with van der Waals surface area (Å²) < 4.78 is 52.8. The van der Waals surface area contributed by atoms with E-state index >= 15 is 0 Å². The Bertz CT molecular complexity index is 1740. The molecule has 0 saturated carbocycles. The lowest BCUT2D eigenvalue weighted by molar-refractivity contribution is -0.167. The monoisotopic (exact) mass is 701 g/mol. The fraction of sp³-hybridized carbons (Fsp3) is 0.292. The van der Waals surface area contributed by atoms with Gasteiger partial charge in [0.05, 0.1) is 0 Å². The van der Waals surface area contributed by atoms with E-state index in [4.69, 9.17) is 4.84 Å². The molecule has 5 rings (SSSR count). The molecule has 0 radical (unpaired) electrons. The lowest BCUT2D eigenvalue weighted by atomic mass is 10.0. The molecule has 2 aliphatic heterocycles. The molecule has 2 aromatic heterocycles. The molecule has 242 valence electrons. The number of carbonyl (C=O) groups excluding carboxylic acids is 3. The molecule has 3 N–H and O–H groups in total. The van der Waals surface area contributed by atoms with E-state index in [1.54, 1.807) is 12.4 Å². The van der Waals surface area contributed by atoms with E-state index in [0.29, 0.717) is 27.6 Å². The Labute approximate surface area is 267 Å². The van der Waals surface area contributed by atoms with Gasteiger partial charge in [-0.1, -0.05) is 29.1 Å². The molecule has 2 atom stereocenters. The number of fused-ring (bicyclic) bond motifs is 1. The van der Waals surface area contributed by atoms with Gasteiger partial charge in [-0.05, 0) is 33.7 Å². The zero-order valence-electron chi connectivity index (χ0n) is 23.0. The van der Waals surface area contributed by atoms with Crippen molar-refractivity contribution in [3.8, 4) is 0 Å². The van der Waals surface area contributed by atoms with Crippen LogP contribution in [0.3, 0.4) is 0 Å². The van der Waals surface area contributed by atoms with Gasteiger partial charge in [-0.2, -0.15) is 13.2 Å². The summed E-state index contributed by atoms with van der Waals surface area (Å²) in [7, 11) is 1.61. The number of nitrogens with zero attached hydrogens (tertiary/aromatic N) is 7. The van der Waals surface area contributed by atoms with Crippen molar-refractivity contribution in [2.45, 2.75) is 29.4 Å². The molecule has 0 spiro atoms. The number of thiazole rings is 1. The van der Waals surface area contributed by atoms with E-state index in [1.807, 2.05) is 0 Å². The summed E-state index contributed by atoms with van der Waals surface area (Å²) in [6.07, 6.45) is -5.19. The summed E-state index contributed by atoms with van der Waals surface area (Å²) in [6, 6.07) is 3.92. The molecule has 2 aliphatic rings. The van der Waals surface area contributed by atoms with Crippen LogP contribution in [-0.4, -0.2) is 93.7 Å². The third-order valence-electron chi connectivity index (χ3n) is 6.23. The minimum absolute atomic E-state index is 0.176. The second-order valence-corrected chi connectivity index (χ2v) is 12.2. The summed E-state index contributed by atoms with van der Waals surface area (Å²) in [6.45, 7) is -0.245. The topological polar surface area (TPSA) is 194 Å². The third kappa shape index (κ3) is 7.12. The first-order valence-electron chi connectivity index (χ1n) is 12.7. The number of carboxylic acids is 1. The van der Waals surface area contributed by atoms with Crippen LogP contribution in [-0.2, 0) is 37.7 Å². The third-order valence-corrected chi connectivity index (χ3v) is 9.43. The van der Waals surface area contributed by atoms with Crippen molar-refractivity contribution in [3.63, 3.8) is 0 Å². The summed E-state index contributed by atoms with van der Waals surface area (Å²) in [4.78, 5) is 60.2. The first-order valence-corrected chi connectivity index (χ1v) is 15.6. The van der Waals surface area contributed by atoms with Gasteiger partial charge < -0.3 is 15.3 Å². The van der Waals surface area contributed by atoms with Gasteiger partial charge in [-0.25, -0.2) is 18.9 Å². The normalized spacial score (nSPS) is 18.2. The van der Waals surface area contributed by atoms with Crippen molar-refractivity contribution >= 4 is 69.4 Å². The quantitative estimate of drug-likeness (QED) is 0.0864. The first-order chi connectivity index (χ1) is 21.8. The number of benzene rings is 1. The Balaban J connectivity index is 1.33. The second-order valence-electron chi connectivity index (χ2n) is 9.32. The Morgan fingerprint density at radius 1 is 1.24 bits per heavy atom. The van der Waals surface area contributed by atoms with E-state index in [-0.39, 0.29) is 29.5 Å². The number of alkyl halides is 3. The number of aryl methyl sites for hydroxylation is 1. The molecule has 0 bridgehead atoms. The van der Waals surface area contributed by atoms with Crippen LogP contribution < -0.4 is 10.6 Å². The number of aromatic nitrogens is 5. The van der Waals surface area contributed by atoms with Crippen LogP contribution in [0.4, 0.5) is 22.7 Å². The summed E-state index contributed by atoms with van der Waals surface area (Å²) in [5, 5.41) is 29.1. The average molecular weight is 702 g/mol. The lowest BCUT2D eigenvalue weighted by Gasteiger charge is -2.49. The van der Waals surface area contributed by atoms with E-state index in [0.717, 1.165) is 10.3 Å². The molecule has 0 aliphatic carbocycles. The van der Waals surface area contributed by atoms with E-state index in [9.17, 15) is 41.8 Å². The number of tetrazole rings is 1. The summed E-state index contributed by atoms with van der Waals surface area (Å²) in [5.41, 5.74) is -0.179. The zero-order valence-corrected chi connectivity index (χ0v) is 25.5. The predicted octanol–water partition coefficient (Wildman–Crippen LogP) is 1.76. The average Bonchev–Trinajstić information content (AvgIpc) is 3.64. The molecule has 1 unspecified atom stereocenters. The van der Waals surface area contributed by atoms with Crippen LogP contribution in [0.2, 0.25) is 0 Å². The number of anilines is 1. The number of nitrogens with one attached hydrogen (secondary N) is 2. The van der Waals surface area contributed by atoms with Gasteiger partial charge >= 0.3 is 18.1 Å². The molecule has 1 fully saturated rings. The van der Waals surface area contributed by atoms with Crippen LogP contribution in [0.25, 0.3) is 0 Å². The number of hydrogen-bond donors (Lipinski definition) is 3.